The molecular formula is C20H29NO5. The number of amides is 1. The third-order valence-electron chi connectivity index (χ3n) is 4.77. The van der Waals surface area contributed by atoms with Crippen molar-refractivity contribution in [1.82, 2.24) is 0 Å². The van der Waals surface area contributed by atoms with Gasteiger partial charge in [0.1, 0.15) is 16.9 Å². The zero-order chi connectivity index (χ0) is 19.3. The number of benzene rings is 1. The van der Waals surface area contributed by atoms with Crippen LogP contribution in [-0.4, -0.2) is 37.8 Å². The summed E-state index contributed by atoms with van der Waals surface area (Å²) in [7, 11) is 2.90. The third-order valence-corrected chi connectivity index (χ3v) is 4.77. The number of hydrogen-bond donors (Lipinski definition) is 1. The molecule has 0 aliphatic heterocycles. The van der Waals surface area contributed by atoms with Crippen LogP contribution in [0.3, 0.4) is 0 Å². The first kappa shape index (κ1) is 20.2. The second-order valence-corrected chi connectivity index (χ2v) is 7.22. The Morgan fingerprint density at radius 3 is 2.58 bits per heavy atom. The van der Waals surface area contributed by atoms with Gasteiger partial charge >= 0.3 is 5.97 Å². The predicted molar refractivity (Wildman–Crippen MR) is 99.5 cm³/mol. The molecule has 0 unspecified atom stereocenters. The number of hydrogen-bond acceptors (Lipinski definition) is 5. The van der Waals surface area contributed by atoms with E-state index in [1.165, 1.54) is 7.11 Å². The Morgan fingerprint density at radius 2 is 2.00 bits per heavy atom. The molecule has 6 heteroatoms. The molecule has 0 saturated heterocycles. The topological polar surface area (TPSA) is 73.9 Å². The predicted octanol–water partition coefficient (Wildman–Crippen LogP) is 3.79. The zero-order valence-electron chi connectivity index (χ0n) is 16.3. The molecule has 1 aliphatic carbocycles. The van der Waals surface area contributed by atoms with Crippen LogP contribution in [0.15, 0.2) is 18.2 Å². The summed E-state index contributed by atoms with van der Waals surface area (Å²) in [4.78, 5) is 25.0. The van der Waals surface area contributed by atoms with Gasteiger partial charge in [0.05, 0.1) is 13.2 Å². The number of esters is 1. The molecule has 1 N–H and O–H groups in total. The first-order chi connectivity index (χ1) is 12.3. The van der Waals surface area contributed by atoms with Gasteiger partial charge in [-0.05, 0) is 57.2 Å². The standard InChI is InChI=1S/C20H29NO5/c1-13(2)26-17-9-8-15(11-16(17)18(22)24-4)21-19(23)20(25-5)10-6-7-14(3)12-20/h8-9,11,13-14H,6-7,10,12H2,1-5H3,(H,21,23)/t14-,20+/m0/s1. The van der Waals surface area contributed by atoms with Crippen molar-refractivity contribution in [2.75, 3.05) is 19.5 Å². The van der Waals surface area contributed by atoms with Gasteiger partial charge in [-0.3, -0.25) is 4.79 Å². The Kier molecular flexibility index (Phi) is 6.64. The fraction of sp³-hybridized carbons (Fsp3) is 0.600. The van der Waals surface area contributed by atoms with Crippen LogP contribution < -0.4 is 10.1 Å². The van der Waals surface area contributed by atoms with Gasteiger partial charge in [0, 0.05) is 12.8 Å². The lowest BCUT2D eigenvalue weighted by atomic mass is 9.78. The normalized spacial score (nSPS) is 22.8. The molecule has 0 spiro atoms. The van der Waals surface area contributed by atoms with Crippen molar-refractivity contribution >= 4 is 17.6 Å². The second-order valence-electron chi connectivity index (χ2n) is 7.22. The van der Waals surface area contributed by atoms with Gasteiger partial charge < -0.3 is 19.5 Å². The first-order valence-corrected chi connectivity index (χ1v) is 9.07. The van der Waals surface area contributed by atoms with Gasteiger partial charge in [-0.1, -0.05) is 13.3 Å². The van der Waals surface area contributed by atoms with E-state index in [9.17, 15) is 9.59 Å². The Bertz CT molecular complexity index is 658. The van der Waals surface area contributed by atoms with Crippen LogP contribution in [0.1, 0.15) is 56.8 Å². The van der Waals surface area contributed by atoms with Gasteiger partial charge in [0.25, 0.3) is 5.91 Å². The molecule has 2 rings (SSSR count). The molecule has 0 heterocycles. The maximum absolute atomic E-state index is 12.9. The summed E-state index contributed by atoms with van der Waals surface area (Å²) in [5, 5.41) is 2.90. The summed E-state index contributed by atoms with van der Waals surface area (Å²) >= 11 is 0. The number of carbonyl (C=O) groups is 2. The van der Waals surface area contributed by atoms with E-state index in [0.717, 1.165) is 12.8 Å². The summed E-state index contributed by atoms with van der Waals surface area (Å²) in [6.07, 6.45) is 3.36. The second kappa shape index (κ2) is 8.54. The summed E-state index contributed by atoms with van der Waals surface area (Å²) < 4.78 is 16.1. The van der Waals surface area contributed by atoms with Crippen molar-refractivity contribution in [3.05, 3.63) is 23.8 Å². The summed E-state index contributed by atoms with van der Waals surface area (Å²) in [5.74, 6) is 0.170. The number of methoxy groups -OCH3 is 2. The van der Waals surface area contributed by atoms with Gasteiger partial charge in [-0.25, -0.2) is 4.79 Å². The fourth-order valence-electron chi connectivity index (χ4n) is 3.47. The molecule has 0 bridgehead atoms. The SMILES string of the molecule is COC(=O)c1cc(NC(=O)[C@@]2(OC)CCC[C@H](C)C2)ccc1OC(C)C. The number of rotatable bonds is 6. The summed E-state index contributed by atoms with van der Waals surface area (Å²) in [6.45, 7) is 5.89. The van der Waals surface area contributed by atoms with E-state index in [1.54, 1.807) is 25.3 Å². The highest BCUT2D eigenvalue weighted by Crippen LogP contribution is 2.36. The third kappa shape index (κ3) is 4.55. The number of nitrogens with one attached hydrogen (secondary N) is 1. The van der Waals surface area contributed by atoms with Crippen LogP contribution >= 0.6 is 0 Å². The molecule has 1 amide bonds. The maximum Gasteiger partial charge on any atom is 0.341 e. The van der Waals surface area contributed by atoms with Crippen LogP contribution in [0.4, 0.5) is 5.69 Å². The highest BCUT2D eigenvalue weighted by Gasteiger charge is 2.42. The molecular weight excluding hydrogens is 334 g/mol. The lowest BCUT2D eigenvalue weighted by Gasteiger charge is -2.37. The minimum atomic E-state index is -0.823. The monoisotopic (exact) mass is 363 g/mol. The van der Waals surface area contributed by atoms with Crippen LogP contribution in [0, 0.1) is 5.92 Å². The smallest absolute Gasteiger partial charge is 0.341 e. The largest absolute Gasteiger partial charge is 0.490 e. The Hall–Kier alpha value is -2.08. The summed E-state index contributed by atoms with van der Waals surface area (Å²) in [5.41, 5.74) is -0.0282. The minimum Gasteiger partial charge on any atom is -0.490 e. The van der Waals surface area contributed by atoms with Gasteiger partial charge in [-0.15, -0.1) is 0 Å². The number of carbonyl (C=O) groups excluding carboxylic acids is 2. The minimum absolute atomic E-state index is 0.0839. The molecule has 144 valence electrons. The van der Waals surface area contributed by atoms with Crippen molar-refractivity contribution in [3.8, 4) is 5.75 Å². The van der Waals surface area contributed by atoms with Gasteiger partial charge in [-0.2, -0.15) is 0 Å². The van der Waals surface area contributed by atoms with Gasteiger partial charge in [0.15, 0.2) is 0 Å². The molecule has 1 saturated carbocycles. The highest BCUT2D eigenvalue weighted by atomic mass is 16.5. The van der Waals surface area contributed by atoms with Gasteiger partial charge in [0.2, 0.25) is 0 Å². The molecule has 6 nitrogen and oxygen atoms in total. The van der Waals surface area contributed by atoms with E-state index in [4.69, 9.17) is 14.2 Å². The Balaban J connectivity index is 2.25. The fourth-order valence-corrected chi connectivity index (χ4v) is 3.47. The quantitative estimate of drug-likeness (QED) is 0.778. The van der Waals surface area contributed by atoms with Crippen LogP contribution in [-0.2, 0) is 14.3 Å². The molecule has 1 aromatic carbocycles. The summed E-state index contributed by atoms with van der Waals surface area (Å²) in [6, 6.07) is 4.97. The Labute approximate surface area is 155 Å². The van der Waals surface area contributed by atoms with Crippen molar-refractivity contribution in [1.29, 1.82) is 0 Å². The molecule has 1 aliphatic rings. The zero-order valence-corrected chi connectivity index (χ0v) is 16.3. The molecule has 1 fully saturated rings. The maximum atomic E-state index is 12.9. The van der Waals surface area contributed by atoms with E-state index in [-0.39, 0.29) is 17.6 Å². The molecule has 1 aromatic rings. The molecule has 0 aromatic heterocycles. The van der Waals surface area contributed by atoms with E-state index in [1.807, 2.05) is 13.8 Å². The Morgan fingerprint density at radius 1 is 1.27 bits per heavy atom. The number of ether oxygens (including phenoxy) is 3. The van der Waals surface area contributed by atoms with E-state index < -0.39 is 11.6 Å². The first-order valence-electron chi connectivity index (χ1n) is 9.07. The van der Waals surface area contributed by atoms with Crippen molar-refractivity contribution < 1.29 is 23.8 Å². The van der Waals surface area contributed by atoms with Crippen LogP contribution in [0.5, 0.6) is 5.75 Å². The lowest BCUT2D eigenvalue weighted by molar-refractivity contribution is -0.143. The lowest BCUT2D eigenvalue weighted by Crippen LogP contribution is -2.47. The molecule has 0 radical (unpaired) electrons. The van der Waals surface area contributed by atoms with E-state index in [0.29, 0.717) is 30.2 Å². The highest BCUT2D eigenvalue weighted by molar-refractivity contribution is 5.99. The van der Waals surface area contributed by atoms with Crippen molar-refractivity contribution in [2.24, 2.45) is 5.92 Å². The average Bonchev–Trinajstić information content (AvgIpc) is 2.61. The number of anilines is 1. The molecule has 2 atom stereocenters. The van der Waals surface area contributed by atoms with E-state index >= 15 is 0 Å². The average molecular weight is 363 g/mol. The van der Waals surface area contributed by atoms with E-state index in [2.05, 4.69) is 12.2 Å². The molecule has 26 heavy (non-hydrogen) atoms. The van der Waals surface area contributed by atoms with Crippen molar-refractivity contribution in [2.45, 2.75) is 58.2 Å². The van der Waals surface area contributed by atoms with Crippen LogP contribution in [0.2, 0.25) is 0 Å². The van der Waals surface area contributed by atoms with Crippen LogP contribution in [0.25, 0.3) is 0 Å². The van der Waals surface area contributed by atoms with Crippen molar-refractivity contribution in [3.63, 3.8) is 0 Å².